The third kappa shape index (κ3) is 3.25. The summed E-state index contributed by atoms with van der Waals surface area (Å²) in [6, 6.07) is 7.85. The second-order valence-electron chi connectivity index (χ2n) is 4.94. The first kappa shape index (κ1) is 12.5. The number of hydrogen-bond donors (Lipinski definition) is 0. The summed E-state index contributed by atoms with van der Waals surface area (Å²) in [5.41, 5.74) is 0. The van der Waals surface area contributed by atoms with Gasteiger partial charge in [-0.25, -0.2) is 0 Å². The van der Waals surface area contributed by atoms with Gasteiger partial charge < -0.3 is 14.2 Å². The molecule has 1 heterocycles. The summed E-state index contributed by atoms with van der Waals surface area (Å²) in [6.45, 7) is 1.95. The smallest absolute Gasteiger partial charge is 0.119 e. The second-order valence-corrected chi connectivity index (χ2v) is 5.85. The lowest BCUT2D eigenvalue weighted by atomic mass is 10.2. The van der Waals surface area contributed by atoms with E-state index in [4.69, 9.17) is 14.2 Å². The Morgan fingerprint density at radius 3 is 2.67 bits per heavy atom. The molecule has 0 aromatic heterocycles. The van der Waals surface area contributed by atoms with Gasteiger partial charge in [-0.15, -0.1) is 0 Å². The minimum atomic E-state index is 0.0630. The topological polar surface area (TPSA) is 27.7 Å². The van der Waals surface area contributed by atoms with Gasteiger partial charge in [-0.1, -0.05) is 15.9 Å². The fourth-order valence-electron chi connectivity index (χ4n) is 2.16. The summed E-state index contributed by atoms with van der Waals surface area (Å²) in [6.07, 6.45) is 2.92. The zero-order valence-corrected chi connectivity index (χ0v) is 11.8. The normalized spacial score (nSPS) is 28.1. The minimum Gasteiger partial charge on any atom is -0.491 e. The van der Waals surface area contributed by atoms with Crippen LogP contribution in [0.1, 0.15) is 12.8 Å². The number of benzene rings is 1. The van der Waals surface area contributed by atoms with Crippen LogP contribution < -0.4 is 4.74 Å². The van der Waals surface area contributed by atoms with E-state index in [0.29, 0.717) is 13.2 Å². The van der Waals surface area contributed by atoms with Crippen LogP contribution in [0.4, 0.5) is 0 Å². The number of rotatable bonds is 4. The Morgan fingerprint density at radius 1 is 1.17 bits per heavy atom. The van der Waals surface area contributed by atoms with Crippen molar-refractivity contribution in [2.24, 2.45) is 5.92 Å². The van der Waals surface area contributed by atoms with Crippen molar-refractivity contribution >= 4 is 15.9 Å². The first-order valence-electron chi connectivity index (χ1n) is 6.43. The third-order valence-electron chi connectivity index (χ3n) is 3.35. The van der Waals surface area contributed by atoms with Crippen LogP contribution in [-0.2, 0) is 9.47 Å². The van der Waals surface area contributed by atoms with E-state index in [-0.39, 0.29) is 12.2 Å². The first-order chi connectivity index (χ1) is 8.81. The molecular formula is C14H17BrO3. The van der Waals surface area contributed by atoms with Crippen LogP contribution in [0, 0.1) is 5.92 Å². The van der Waals surface area contributed by atoms with Gasteiger partial charge >= 0.3 is 0 Å². The van der Waals surface area contributed by atoms with E-state index in [1.165, 1.54) is 12.8 Å². The van der Waals surface area contributed by atoms with Crippen molar-refractivity contribution in [3.8, 4) is 5.75 Å². The van der Waals surface area contributed by atoms with Gasteiger partial charge in [0.15, 0.2) is 0 Å². The summed E-state index contributed by atoms with van der Waals surface area (Å²) in [5, 5.41) is 0. The predicted molar refractivity (Wildman–Crippen MR) is 71.8 cm³/mol. The Bertz CT molecular complexity index is 389. The Morgan fingerprint density at radius 2 is 1.94 bits per heavy atom. The molecule has 4 heteroatoms. The number of hydrogen-bond acceptors (Lipinski definition) is 3. The third-order valence-corrected chi connectivity index (χ3v) is 3.88. The summed E-state index contributed by atoms with van der Waals surface area (Å²) in [5.74, 6) is 1.59. The molecule has 1 aliphatic carbocycles. The van der Waals surface area contributed by atoms with Crippen molar-refractivity contribution < 1.29 is 14.2 Å². The van der Waals surface area contributed by atoms with Crippen LogP contribution in [0.25, 0.3) is 0 Å². The van der Waals surface area contributed by atoms with Gasteiger partial charge in [0.05, 0.1) is 19.3 Å². The summed E-state index contributed by atoms with van der Waals surface area (Å²) in [7, 11) is 0. The maximum atomic E-state index is 6.00. The van der Waals surface area contributed by atoms with Gasteiger partial charge in [0.2, 0.25) is 0 Å². The highest BCUT2D eigenvalue weighted by Crippen LogP contribution is 2.36. The molecule has 3 nitrogen and oxygen atoms in total. The lowest BCUT2D eigenvalue weighted by Crippen LogP contribution is -2.40. The van der Waals surface area contributed by atoms with Crippen molar-refractivity contribution in [2.75, 3.05) is 19.8 Å². The summed E-state index contributed by atoms with van der Waals surface area (Å²) < 4.78 is 18.4. The van der Waals surface area contributed by atoms with Gasteiger partial charge in [-0.05, 0) is 43.0 Å². The van der Waals surface area contributed by atoms with Crippen molar-refractivity contribution in [2.45, 2.75) is 25.0 Å². The molecule has 0 spiro atoms. The summed E-state index contributed by atoms with van der Waals surface area (Å²) >= 11 is 3.40. The lowest BCUT2D eigenvalue weighted by molar-refractivity contribution is -0.154. The van der Waals surface area contributed by atoms with Crippen LogP contribution >= 0.6 is 15.9 Å². The van der Waals surface area contributed by atoms with E-state index in [0.717, 1.165) is 22.7 Å². The second kappa shape index (κ2) is 5.59. The fraction of sp³-hybridized carbons (Fsp3) is 0.571. The first-order valence-corrected chi connectivity index (χ1v) is 7.22. The van der Waals surface area contributed by atoms with Gasteiger partial charge in [-0.2, -0.15) is 0 Å². The maximum absolute atomic E-state index is 6.00. The highest BCUT2D eigenvalue weighted by molar-refractivity contribution is 9.10. The summed E-state index contributed by atoms with van der Waals surface area (Å²) in [4.78, 5) is 0. The molecule has 1 saturated heterocycles. The quantitative estimate of drug-likeness (QED) is 0.855. The molecule has 1 aromatic carbocycles. The van der Waals surface area contributed by atoms with E-state index >= 15 is 0 Å². The van der Waals surface area contributed by atoms with E-state index < -0.39 is 0 Å². The number of ether oxygens (including phenoxy) is 3. The van der Waals surface area contributed by atoms with Gasteiger partial charge in [0.25, 0.3) is 0 Å². The molecule has 1 saturated carbocycles. The fourth-order valence-corrected chi connectivity index (χ4v) is 2.43. The molecule has 0 bridgehead atoms. The average molecular weight is 313 g/mol. The Balaban J connectivity index is 1.48. The molecule has 18 heavy (non-hydrogen) atoms. The molecule has 0 amide bonds. The molecule has 0 radical (unpaired) electrons. The van der Waals surface area contributed by atoms with Crippen molar-refractivity contribution in [1.82, 2.24) is 0 Å². The monoisotopic (exact) mass is 312 g/mol. The molecule has 98 valence electrons. The van der Waals surface area contributed by atoms with Crippen LogP contribution in [0.2, 0.25) is 0 Å². The zero-order valence-electron chi connectivity index (χ0n) is 10.2. The van der Waals surface area contributed by atoms with E-state index in [9.17, 15) is 0 Å². The van der Waals surface area contributed by atoms with Crippen LogP contribution in [0.15, 0.2) is 28.7 Å². The Kier molecular flexibility index (Phi) is 3.87. The standard InChI is InChI=1S/C14H17BrO3/c15-11-3-5-12(6-4-11)17-8-13-7-16-9-14(18-13)10-1-2-10/h3-6,10,13-14H,1-2,7-9H2/t13-,14+/m0/s1. The molecule has 0 unspecified atom stereocenters. The number of halogens is 1. The molecule has 2 atom stereocenters. The van der Waals surface area contributed by atoms with Crippen molar-refractivity contribution in [3.63, 3.8) is 0 Å². The SMILES string of the molecule is Brc1ccc(OC[C@@H]2COC[C@H](C3CC3)O2)cc1. The van der Waals surface area contributed by atoms with E-state index in [1.807, 2.05) is 24.3 Å². The zero-order chi connectivity index (χ0) is 12.4. The Hall–Kier alpha value is -0.580. The molecular weight excluding hydrogens is 296 g/mol. The van der Waals surface area contributed by atoms with Gasteiger partial charge in [0, 0.05) is 4.47 Å². The van der Waals surface area contributed by atoms with Crippen LogP contribution in [0.3, 0.4) is 0 Å². The van der Waals surface area contributed by atoms with Crippen LogP contribution in [-0.4, -0.2) is 32.0 Å². The molecule has 3 rings (SSSR count). The lowest BCUT2D eigenvalue weighted by Gasteiger charge is -2.30. The highest BCUT2D eigenvalue weighted by atomic mass is 79.9. The molecule has 0 N–H and O–H groups in total. The maximum Gasteiger partial charge on any atom is 0.119 e. The largest absolute Gasteiger partial charge is 0.491 e. The highest BCUT2D eigenvalue weighted by Gasteiger charge is 2.36. The van der Waals surface area contributed by atoms with E-state index in [1.54, 1.807) is 0 Å². The predicted octanol–water partition coefficient (Wildman–Crippen LogP) is 3.02. The van der Waals surface area contributed by atoms with E-state index in [2.05, 4.69) is 15.9 Å². The van der Waals surface area contributed by atoms with Crippen LogP contribution in [0.5, 0.6) is 5.75 Å². The van der Waals surface area contributed by atoms with Gasteiger partial charge in [0.1, 0.15) is 18.5 Å². The molecule has 1 aromatic rings. The minimum absolute atomic E-state index is 0.0630. The molecule has 2 fully saturated rings. The van der Waals surface area contributed by atoms with Gasteiger partial charge in [-0.3, -0.25) is 0 Å². The van der Waals surface area contributed by atoms with Crippen molar-refractivity contribution in [3.05, 3.63) is 28.7 Å². The Labute approximate surface area is 116 Å². The molecule has 2 aliphatic rings. The molecule has 1 aliphatic heterocycles. The average Bonchev–Trinajstić information content (AvgIpc) is 3.23. The van der Waals surface area contributed by atoms with Crippen molar-refractivity contribution in [1.29, 1.82) is 0 Å².